The van der Waals surface area contributed by atoms with Crippen molar-refractivity contribution >= 4 is 11.7 Å². The van der Waals surface area contributed by atoms with Gasteiger partial charge in [-0.3, -0.25) is 0 Å². The van der Waals surface area contributed by atoms with E-state index in [1.165, 1.54) is 21.3 Å². The van der Waals surface area contributed by atoms with E-state index in [1.54, 1.807) is 0 Å². The first-order valence-electron chi connectivity index (χ1n) is 4.35. The Labute approximate surface area is 91.9 Å². The number of halogens is 1. The molecular formula is C10H12FNO4. The molecule has 0 aliphatic heterocycles. The van der Waals surface area contributed by atoms with E-state index in [9.17, 15) is 9.18 Å². The van der Waals surface area contributed by atoms with Gasteiger partial charge in [-0.25, -0.2) is 9.18 Å². The van der Waals surface area contributed by atoms with Crippen molar-refractivity contribution < 1.29 is 23.4 Å². The second kappa shape index (κ2) is 4.69. The smallest absolute Gasteiger partial charge is 0.344 e. The van der Waals surface area contributed by atoms with Gasteiger partial charge >= 0.3 is 5.97 Å². The van der Waals surface area contributed by atoms with Crippen LogP contribution in [-0.4, -0.2) is 27.3 Å². The number of hydrogen-bond acceptors (Lipinski definition) is 5. The molecule has 0 bridgehead atoms. The third-order valence-corrected chi connectivity index (χ3v) is 2.05. The molecule has 0 heterocycles. The minimum absolute atomic E-state index is 0.0493. The monoisotopic (exact) mass is 229 g/mol. The first kappa shape index (κ1) is 12.1. The molecule has 0 unspecified atom stereocenters. The van der Waals surface area contributed by atoms with E-state index in [0.29, 0.717) is 0 Å². The van der Waals surface area contributed by atoms with Gasteiger partial charge in [0.15, 0.2) is 17.3 Å². The summed E-state index contributed by atoms with van der Waals surface area (Å²) in [6.07, 6.45) is 0. The van der Waals surface area contributed by atoms with Gasteiger partial charge in [0, 0.05) is 6.07 Å². The van der Waals surface area contributed by atoms with Crippen molar-refractivity contribution in [1.82, 2.24) is 0 Å². The van der Waals surface area contributed by atoms with Crippen LogP contribution < -0.4 is 15.2 Å². The number of rotatable bonds is 3. The van der Waals surface area contributed by atoms with Gasteiger partial charge in [-0.2, -0.15) is 0 Å². The fourth-order valence-corrected chi connectivity index (χ4v) is 1.28. The van der Waals surface area contributed by atoms with Gasteiger partial charge in [0.1, 0.15) is 5.56 Å². The summed E-state index contributed by atoms with van der Waals surface area (Å²) in [5, 5.41) is 0. The van der Waals surface area contributed by atoms with Crippen molar-refractivity contribution in [2.75, 3.05) is 27.1 Å². The van der Waals surface area contributed by atoms with Crippen LogP contribution >= 0.6 is 0 Å². The Bertz CT molecular complexity index is 420. The van der Waals surface area contributed by atoms with Crippen molar-refractivity contribution in [1.29, 1.82) is 0 Å². The molecule has 0 saturated heterocycles. The minimum atomic E-state index is -0.785. The molecule has 0 aliphatic carbocycles. The lowest BCUT2D eigenvalue weighted by molar-refractivity contribution is 0.0597. The van der Waals surface area contributed by atoms with Gasteiger partial charge in [-0.1, -0.05) is 0 Å². The number of nitrogen functional groups attached to an aromatic ring is 1. The van der Waals surface area contributed by atoms with Gasteiger partial charge in [0.2, 0.25) is 0 Å². The average molecular weight is 229 g/mol. The summed E-state index contributed by atoms with van der Waals surface area (Å²) < 4.78 is 27.7. The van der Waals surface area contributed by atoms with E-state index in [2.05, 4.69) is 4.74 Å². The Morgan fingerprint density at radius 3 is 2.38 bits per heavy atom. The number of carbonyl (C=O) groups is 1. The Hall–Kier alpha value is -1.98. The Morgan fingerprint density at radius 2 is 1.94 bits per heavy atom. The SMILES string of the molecule is COC(=O)c1c(N)c(F)cc(OC)c1OC. The molecule has 88 valence electrons. The van der Waals surface area contributed by atoms with E-state index in [-0.39, 0.29) is 22.7 Å². The lowest BCUT2D eigenvalue weighted by Crippen LogP contribution is -2.10. The number of methoxy groups -OCH3 is 3. The van der Waals surface area contributed by atoms with Crippen LogP contribution in [0, 0.1) is 5.82 Å². The van der Waals surface area contributed by atoms with E-state index < -0.39 is 11.8 Å². The highest BCUT2D eigenvalue weighted by Gasteiger charge is 2.24. The van der Waals surface area contributed by atoms with Crippen molar-refractivity contribution in [3.8, 4) is 11.5 Å². The van der Waals surface area contributed by atoms with Crippen molar-refractivity contribution in [3.63, 3.8) is 0 Å². The van der Waals surface area contributed by atoms with E-state index in [0.717, 1.165) is 6.07 Å². The number of esters is 1. The maximum absolute atomic E-state index is 13.4. The van der Waals surface area contributed by atoms with Crippen molar-refractivity contribution in [2.45, 2.75) is 0 Å². The summed E-state index contributed by atoms with van der Waals surface area (Å²) in [4.78, 5) is 11.4. The van der Waals surface area contributed by atoms with Gasteiger partial charge in [0.25, 0.3) is 0 Å². The number of ether oxygens (including phenoxy) is 3. The largest absolute Gasteiger partial charge is 0.493 e. The minimum Gasteiger partial charge on any atom is -0.493 e. The number of benzene rings is 1. The number of nitrogens with two attached hydrogens (primary N) is 1. The lowest BCUT2D eigenvalue weighted by Gasteiger charge is -2.13. The van der Waals surface area contributed by atoms with E-state index in [1.807, 2.05) is 0 Å². The molecule has 0 spiro atoms. The Morgan fingerprint density at radius 1 is 1.31 bits per heavy atom. The third-order valence-electron chi connectivity index (χ3n) is 2.05. The molecule has 1 aromatic carbocycles. The quantitative estimate of drug-likeness (QED) is 0.623. The molecule has 0 amide bonds. The molecule has 1 rings (SSSR count). The molecule has 16 heavy (non-hydrogen) atoms. The average Bonchev–Trinajstić information content (AvgIpc) is 2.30. The summed E-state index contributed by atoms with van der Waals surface area (Å²) >= 11 is 0. The zero-order valence-corrected chi connectivity index (χ0v) is 9.17. The standard InChI is InChI=1S/C10H12FNO4/c1-14-6-4-5(11)8(12)7(9(6)15-2)10(13)16-3/h4H,12H2,1-3H3. The second-order valence-electron chi connectivity index (χ2n) is 2.87. The number of anilines is 1. The summed E-state index contributed by atoms with van der Waals surface area (Å²) in [7, 11) is 3.81. The van der Waals surface area contributed by atoms with Crippen LogP contribution in [0.2, 0.25) is 0 Å². The fraction of sp³-hybridized carbons (Fsp3) is 0.300. The molecule has 5 nitrogen and oxygen atoms in total. The van der Waals surface area contributed by atoms with Crippen LogP contribution in [0.3, 0.4) is 0 Å². The van der Waals surface area contributed by atoms with Crippen LogP contribution in [0.1, 0.15) is 10.4 Å². The first-order chi connectivity index (χ1) is 7.56. The van der Waals surface area contributed by atoms with Crippen LogP contribution in [0.5, 0.6) is 11.5 Å². The summed E-state index contributed by atoms with van der Waals surface area (Å²) in [6.45, 7) is 0. The molecule has 0 saturated carbocycles. The predicted octanol–water partition coefficient (Wildman–Crippen LogP) is 1.21. The molecule has 0 radical (unpaired) electrons. The number of hydrogen-bond donors (Lipinski definition) is 1. The maximum Gasteiger partial charge on any atom is 0.344 e. The molecule has 0 atom stereocenters. The Balaban J connectivity index is 3.53. The maximum atomic E-state index is 13.4. The highest BCUT2D eigenvalue weighted by atomic mass is 19.1. The van der Waals surface area contributed by atoms with Crippen LogP contribution in [0.25, 0.3) is 0 Å². The molecule has 0 fully saturated rings. The molecule has 6 heteroatoms. The van der Waals surface area contributed by atoms with Crippen LogP contribution in [0.4, 0.5) is 10.1 Å². The Kier molecular flexibility index (Phi) is 3.55. The van der Waals surface area contributed by atoms with Gasteiger partial charge in [-0.15, -0.1) is 0 Å². The molecule has 2 N–H and O–H groups in total. The third kappa shape index (κ3) is 1.86. The lowest BCUT2D eigenvalue weighted by atomic mass is 10.1. The van der Waals surface area contributed by atoms with Crippen LogP contribution in [0.15, 0.2) is 6.07 Å². The topological polar surface area (TPSA) is 70.8 Å². The molecular weight excluding hydrogens is 217 g/mol. The van der Waals surface area contributed by atoms with Gasteiger partial charge in [0.05, 0.1) is 27.0 Å². The zero-order valence-electron chi connectivity index (χ0n) is 9.17. The zero-order chi connectivity index (χ0) is 12.3. The summed E-state index contributed by atoms with van der Waals surface area (Å²) in [5.74, 6) is -1.42. The summed E-state index contributed by atoms with van der Waals surface area (Å²) in [6, 6.07) is 1.04. The van der Waals surface area contributed by atoms with E-state index in [4.69, 9.17) is 15.2 Å². The normalized spacial score (nSPS) is 9.75. The fourth-order valence-electron chi connectivity index (χ4n) is 1.28. The molecule has 0 aromatic heterocycles. The van der Waals surface area contributed by atoms with Crippen molar-refractivity contribution in [2.24, 2.45) is 0 Å². The molecule has 1 aromatic rings. The van der Waals surface area contributed by atoms with Gasteiger partial charge in [-0.05, 0) is 0 Å². The molecule has 0 aliphatic rings. The number of carbonyl (C=O) groups excluding carboxylic acids is 1. The summed E-state index contributed by atoms with van der Waals surface area (Å²) in [5.41, 5.74) is 4.94. The predicted molar refractivity (Wildman–Crippen MR) is 55.3 cm³/mol. The second-order valence-corrected chi connectivity index (χ2v) is 2.87. The first-order valence-corrected chi connectivity index (χ1v) is 4.35. The van der Waals surface area contributed by atoms with Crippen molar-refractivity contribution in [3.05, 3.63) is 17.4 Å². The highest BCUT2D eigenvalue weighted by molar-refractivity contribution is 5.99. The van der Waals surface area contributed by atoms with E-state index >= 15 is 0 Å². The van der Waals surface area contributed by atoms with Gasteiger partial charge < -0.3 is 19.9 Å². The highest BCUT2D eigenvalue weighted by Crippen LogP contribution is 2.37. The van der Waals surface area contributed by atoms with Crippen LogP contribution in [-0.2, 0) is 4.74 Å².